The number of rotatable bonds is 5. The average Bonchev–Trinajstić information content (AvgIpc) is 3.07. The van der Waals surface area contributed by atoms with E-state index in [0.717, 1.165) is 22.0 Å². The summed E-state index contributed by atoms with van der Waals surface area (Å²) in [5.74, 6) is -1.17. The molecule has 138 valence electrons. The van der Waals surface area contributed by atoms with Gasteiger partial charge < -0.3 is 15.0 Å². The van der Waals surface area contributed by atoms with Crippen LogP contribution in [0.25, 0.3) is 22.0 Å². The molecule has 0 unspecified atom stereocenters. The van der Waals surface area contributed by atoms with Crippen LogP contribution in [0.5, 0.6) is 0 Å². The van der Waals surface area contributed by atoms with Crippen molar-refractivity contribution in [2.45, 2.75) is 6.54 Å². The number of nitrogens with zero attached hydrogens (tertiary/aromatic N) is 1. The molecule has 4 aromatic rings. The Hall–Kier alpha value is -3.86. The number of anilines is 1. The Bertz CT molecular complexity index is 1150. The number of aromatic nitrogens is 1. The fourth-order valence-electron chi connectivity index (χ4n) is 3.28. The van der Waals surface area contributed by atoms with Crippen molar-refractivity contribution in [3.8, 4) is 11.1 Å². The minimum absolute atomic E-state index is 0.161. The lowest BCUT2D eigenvalue weighted by Gasteiger charge is -2.07. The van der Waals surface area contributed by atoms with Gasteiger partial charge in [-0.25, -0.2) is 4.79 Å². The van der Waals surface area contributed by atoms with Gasteiger partial charge >= 0.3 is 5.97 Å². The van der Waals surface area contributed by atoms with E-state index in [0.29, 0.717) is 5.69 Å². The van der Waals surface area contributed by atoms with Gasteiger partial charge in [0.25, 0.3) is 0 Å². The highest BCUT2D eigenvalue weighted by Gasteiger charge is 2.12. The molecule has 5 heteroatoms. The minimum Gasteiger partial charge on any atom is -0.478 e. The second kappa shape index (κ2) is 7.40. The van der Waals surface area contributed by atoms with Gasteiger partial charge in [0.1, 0.15) is 6.54 Å². The fourth-order valence-corrected chi connectivity index (χ4v) is 3.28. The lowest BCUT2D eigenvalue weighted by Crippen LogP contribution is -2.18. The van der Waals surface area contributed by atoms with E-state index >= 15 is 0 Å². The zero-order valence-electron chi connectivity index (χ0n) is 15.0. The lowest BCUT2D eigenvalue weighted by molar-refractivity contribution is -0.116. The maximum Gasteiger partial charge on any atom is 0.335 e. The first kappa shape index (κ1) is 17.5. The number of hydrogen-bond donors (Lipinski definition) is 2. The highest BCUT2D eigenvalue weighted by Crippen LogP contribution is 2.30. The van der Waals surface area contributed by atoms with Crippen LogP contribution in [0.2, 0.25) is 0 Å². The largest absolute Gasteiger partial charge is 0.478 e. The number of fused-ring (bicyclic) bond motifs is 1. The summed E-state index contributed by atoms with van der Waals surface area (Å²) in [7, 11) is 0. The highest BCUT2D eigenvalue weighted by molar-refractivity contribution is 5.98. The van der Waals surface area contributed by atoms with E-state index in [1.807, 2.05) is 47.2 Å². The number of carbonyl (C=O) groups excluding carboxylic acids is 1. The maximum atomic E-state index is 12.5. The highest BCUT2D eigenvalue weighted by atomic mass is 16.4. The first-order valence-corrected chi connectivity index (χ1v) is 8.88. The molecule has 0 aliphatic carbocycles. The summed E-state index contributed by atoms with van der Waals surface area (Å²) in [5, 5.41) is 12.9. The van der Waals surface area contributed by atoms with Crippen LogP contribution in [0.15, 0.2) is 85.1 Å². The average molecular weight is 370 g/mol. The molecule has 1 amide bonds. The lowest BCUT2D eigenvalue weighted by atomic mass is 10.1. The smallest absolute Gasteiger partial charge is 0.335 e. The van der Waals surface area contributed by atoms with Crippen LogP contribution < -0.4 is 5.32 Å². The monoisotopic (exact) mass is 370 g/mol. The molecule has 4 rings (SSSR count). The van der Waals surface area contributed by atoms with Gasteiger partial charge in [0.05, 0.1) is 5.56 Å². The summed E-state index contributed by atoms with van der Waals surface area (Å²) in [6.45, 7) is 0.161. The van der Waals surface area contributed by atoms with Gasteiger partial charge in [-0.15, -0.1) is 0 Å². The topological polar surface area (TPSA) is 71.3 Å². The third-order valence-electron chi connectivity index (χ3n) is 4.60. The summed E-state index contributed by atoms with van der Waals surface area (Å²) in [6, 6.07) is 24.2. The Labute approximate surface area is 161 Å². The normalized spacial score (nSPS) is 10.7. The second-order valence-electron chi connectivity index (χ2n) is 6.48. The summed E-state index contributed by atoms with van der Waals surface area (Å²) in [4.78, 5) is 23.5. The third kappa shape index (κ3) is 3.50. The molecule has 1 aromatic heterocycles. The fraction of sp³-hybridized carbons (Fsp3) is 0.0435. The van der Waals surface area contributed by atoms with Crippen LogP contribution in [0.3, 0.4) is 0 Å². The molecule has 0 spiro atoms. The standard InChI is InChI=1S/C23H18N2O3/c26-22(24-18-12-10-17(11-13-18)23(27)28)15-25-14-20(16-6-2-1-3-7-16)19-8-4-5-9-21(19)25/h1-14H,15H2,(H,24,26)(H,27,28). The predicted molar refractivity (Wildman–Crippen MR) is 109 cm³/mol. The number of nitrogens with one attached hydrogen (secondary N) is 1. The number of amides is 1. The number of carbonyl (C=O) groups is 2. The Morgan fingerprint density at radius 2 is 1.54 bits per heavy atom. The Balaban J connectivity index is 1.59. The van der Waals surface area contributed by atoms with E-state index in [2.05, 4.69) is 23.5 Å². The molecule has 0 atom stereocenters. The van der Waals surface area contributed by atoms with E-state index < -0.39 is 5.97 Å². The molecule has 5 nitrogen and oxygen atoms in total. The van der Waals surface area contributed by atoms with E-state index in [9.17, 15) is 9.59 Å². The van der Waals surface area contributed by atoms with Crippen LogP contribution in [-0.2, 0) is 11.3 Å². The van der Waals surface area contributed by atoms with Crippen molar-refractivity contribution in [2.75, 3.05) is 5.32 Å². The van der Waals surface area contributed by atoms with Gasteiger partial charge in [-0.1, -0.05) is 48.5 Å². The number of benzene rings is 3. The molecule has 2 N–H and O–H groups in total. The van der Waals surface area contributed by atoms with Gasteiger partial charge in [0, 0.05) is 28.4 Å². The van der Waals surface area contributed by atoms with E-state index in [1.165, 1.54) is 12.1 Å². The first-order valence-electron chi connectivity index (χ1n) is 8.88. The molecule has 0 saturated heterocycles. The molecule has 0 radical (unpaired) electrons. The number of aromatic carboxylic acids is 1. The van der Waals surface area contributed by atoms with Crippen LogP contribution >= 0.6 is 0 Å². The van der Waals surface area contributed by atoms with Gasteiger partial charge in [0.15, 0.2) is 0 Å². The SMILES string of the molecule is O=C(Cn1cc(-c2ccccc2)c2ccccc21)Nc1ccc(C(=O)O)cc1. The van der Waals surface area contributed by atoms with Crippen molar-refractivity contribution < 1.29 is 14.7 Å². The Morgan fingerprint density at radius 1 is 0.857 bits per heavy atom. The van der Waals surface area contributed by atoms with Gasteiger partial charge in [-0.2, -0.15) is 0 Å². The predicted octanol–water partition coefficient (Wildman–Crippen LogP) is 4.65. The Kier molecular flexibility index (Phi) is 4.64. The molecule has 0 saturated carbocycles. The van der Waals surface area contributed by atoms with Gasteiger partial charge in [-0.3, -0.25) is 4.79 Å². The number of hydrogen-bond acceptors (Lipinski definition) is 2. The first-order chi connectivity index (χ1) is 13.6. The molecular weight excluding hydrogens is 352 g/mol. The minimum atomic E-state index is -0.995. The molecule has 3 aromatic carbocycles. The third-order valence-corrected chi connectivity index (χ3v) is 4.60. The van der Waals surface area contributed by atoms with Crippen molar-refractivity contribution >= 4 is 28.5 Å². The van der Waals surface area contributed by atoms with Gasteiger partial charge in [-0.05, 0) is 35.9 Å². The summed E-state index contributed by atoms with van der Waals surface area (Å²) in [5.41, 5.74) is 3.91. The molecule has 28 heavy (non-hydrogen) atoms. The van der Waals surface area contributed by atoms with E-state index in [4.69, 9.17) is 5.11 Å². The van der Waals surface area contributed by atoms with Crippen LogP contribution in [0, 0.1) is 0 Å². The molecule has 1 heterocycles. The second-order valence-corrected chi connectivity index (χ2v) is 6.48. The summed E-state index contributed by atoms with van der Waals surface area (Å²) >= 11 is 0. The maximum absolute atomic E-state index is 12.5. The van der Waals surface area contributed by atoms with Crippen LogP contribution in [0.1, 0.15) is 10.4 Å². The quantitative estimate of drug-likeness (QED) is 0.537. The molecule has 0 bridgehead atoms. The summed E-state index contributed by atoms with van der Waals surface area (Å²) < 4.78 is 1.93. The van der Waals surface area contributed by atoms with Crippen molar-refractivity contribution in [1.29, 1.82) is 0 Å². The van der Waals surface area contributed by atoms with Crippen molar-refractivity contribution in [2.24, 2.45) is 0 Å². The van der Waals surface area contributed by atoms with Gasteiger partial charge in [0.2, 0.25) is 5.91 Å². The molecular formula is C23H18N2O3. The zero-order chi connectivity index (χ0) is 19.5. The number of carboxylic acid groups (broad SMARTS) is 1. The number of carboxylic acids is 1. The molecule has 0 aliphatic rings. The zero-order valence-corrected chi connectivity index (χ0v) is 15.0. The van der Waals surface area contributed by atoms with Crippen molar-refractivity contribution in [1.82, 2.24) is 4.57 Å². The summed E-state index contributed by atoms with van der Waals surface area (Å²) in [6.07, 6.45) is 1.99. The van der Waals surface area contributed by atoms with E-state index in [1.54, 1.807) is 12.1 Å². The molecule has 0 aliphatic heterocycles. The number of para-hydroxylation sites is 1. The van der Waals surface area contributed by atoms with Crippen molar-refractivity contribution in [3.05, 3.63) is 90.6 Å². The molecule has 0 fully saturated rings. The van der Waals surface area contributed by atoms with Crippen LogP contribution in [-0.4, -0.2) is 21.6 Å². The Morgan fingerprint density at radius 3 is 2.25 bits per heavy atom. The van der Waals surface area contributed by atoms with E-state index in [-0.39, 0.29) is 18.0 Å². The van der Waals surface area contributed by atoms with Crippen LogP contribution in [0.4, 0.5) is 5.69 Å². The van der Waals surface area contributed by atoms with Crippen molar-refractivity contribution in [3.63, 3.8) is 0 Å².